The van der Waals surface area contributed by atoms with Crippen LogP contribution in [0.15, 0.2) is 69.6 Å². The summed E-state index contributed by atoms with van der Waals surface area (Å²) >= 11 is 1.15. The molecular weight excluding hydrogens is 431 g/mol. The smallest absolute Gasteiger partial charge is 0.338 e. The molecule has 0 saturated heterocycles. The summed E-state index contributed by atoms with van der Waals surface area (Å²) in [5.41, 5.74) is 1.43. The average molecular weight is 453 g/mol. The van der Waals surface area contributed by atoms with Crippen LogP contribution in [-0.4, -0.2) is 24.3 Å². The molecule has 2 heterocycles. The molecule has 0 aliphatic carbocycles. The van der Waals surface area contributed by atoms with Crippen LogP contribution in [0.25, 0.3) is 6.08 Å². The van der Waals surface area contributed by atoms with E-state index >= 15 is 0 Å². The van der Waals surface area contributed by atoms with Crippen molar-refractivity contribution in [2.24, 2.45) is 4.99 Å². The number of aromatic nitrogens is 1. The first-order chi connectivity index (χ1) is 15.4. The molecule has 1 atom stereocenters. The zero-order valence-electron chi connectivity index (χ0n) is 17.8. The van der Waals surface area contributed by atoms with Gasteiger partial charge in [-0.25, -0.2) is 14.2 Å². The highest BCUT2D eigenvalue weighted by Gasteiger charge is 2.33. The Kier molecular flexibility index (Phi) is 6.05. The molecule has 32 heavy (non-hydrogen) atoms. The molecule has 4 rings (SSSR count). The number of ether oxygens (including phenoxy) is 2. The maximum Gasteiger partial charge on any atom is 0.338 e. The van der Waals surface area contributed by atoms with Gasteiger partial charge in [0.1, 0.15) is 11.6 Å². The monoisotopic (exact) mass is 452 g/mol. The van der Waals surface area contributed by atoms with Gasteiger partial charge in [-0.15, -0.1) is 0 Å². The van der Waals surface area contributed by atoms with E-state index in [2.05, 4.69) is 4.99 Å². The summed E-state index contributed by atoms with van der Waals surface area (Å²) in [6.45, 7) is 3.64. The Hall–Kier alpha value is -3.52. The average Bonchev–Trinajstić information content (AvgIpc) is 3.09. The van der Waals surface area contributed by atoms with E-state index in [-0.39, 0.29) is 12.2 Å². The van der Waals surface area contributed by atoms with Gasteiger partial charge in [-0.1, -0.05) is 41.7 Å². The number of hydrogen-bond acceptors (Lipinski definition) is 6. The highest BCUT2D eigenvalue weighted by atomic mass is 32.1. The van der Waals surface area contributed by atoms with Crippen molar-refractivity contribution in [2.45, 2.75) is 19.9 Å². The third kappa shape index (κ3) is 3.89. The van der Waals surface area contributed by atoms with Crippen molar-refractivity contribution in [3.8, 4) is 5.75 Å². The number of hydrogen-bond donors (Lipinski definition) is 0. The van der Waals surface area contributed by atoms with Crippen LogP contribution in [0.1, 0.15) is 31.0 Å². The van der Waals surface area contributed by atoms with Gasteiger partial charge in [-0.2, -0.15) is 0 Å². The fourth-order valence-corrected chi connectivity index (χ4v) is 4.66. The molecule has 1 unspecified atom stereocenters. The second-order valence-corrected chi connectivity index (χ2v) is 8.11. The van der Waals surface area contributed by atoms with Crippen molar-refractivity contribution >= 4 is 23.4 Å². The van der Waals surface area contributed by atoms with Crippen LogP contribution in [0.4, 0.5) is 4.39 Å². The molecule has 1 aromatic heterocycles. The van der Waals surface area contributed by atoms with Crippen LogP contribution >= 0.6 is 11.3 Å². The lowest BCUT2D eigenvalue weighted by Crippen LogP contribution is -2.39. The second kappa shape index (κ2) is 8.92. The van der Waals surface area contributed by atoms with E-state index < -0.39 is 17.8 Å². The van der Waals surface area contributed by atoms with Crippen LogP contribution in [0.3, 0.4) is 0 Å². The summed E-state index contributed by atoms with van der Waals surface area (Å²) < 4.78 is 26.5. The van der Waals surface area contributed by atoms with Gasteiger partial charge in [0.25, 0.3) is 5.56 Å². The Labute approximate surface area is 187 Å². The topological polar surface area (TPSA) is 69.9 Å². The van der Waals surface area contributed by atoms with E-state index in [0.717, 1.165) is 11.3 Å². The largest absolute Gasteiger partial charge is 0.497 e. The lowest BCUT2D eigenvalue weighted by atomic mass is 9.96. The Morgan fingerprint density at radius 3 is 2.59 bits per heavy atom. The predicted octanol–water partition coefficient (Wildman–Crippen LogP) is 2.95. The molecule has 2 aromatic carbocycles. The molecule has 8 heteroatoms. The number of rotatable bonds is 5. The van der Waals surface area contributed by atoms with Crippen LogP contribution in [0, 0.1) is 5.82 Å². The number of fused-ring (bicyclic) bond motifs is 1. The van der Waals surface area contributed by atoms with Gasteiger partial charge in [0.05, 0.1) is 35.6 Å². The second-order valence-electron chi connectivity index (χ2n) is 7.10. The van der Waals surface area contributed by atoms with Crippen molar-refractivity contribution in [3.05, 3.63) is 96.4 Å². The number of esters is 1. The van der Waals surface area contributed by atoms with Crippen molar-refractivity contribution in [1.29, 1.82) is 0 Å². The minimum absolute atomic E-state index is 0.197. The highest BCUT2D eigenvalue weighted by Crippen LogP contribution is 2.31. The Morgan fingerprint density at radius 1 is 1.22 bits per heavy atom. The van der Waals surface area contributed by atoms with Gasteiger partial charge in [-0.05, 0) is 43.7 Å². The number of nitrogens with zero attached hydrogens (tertiary/aromatic N) is 2. The van der Waals surface area contributed by atoms with E-state index in [0.29, 0.717) is 37.5 Å². The van der Waals surface area contributed by atoms with E-state index in [1.807, 2.05) is 0 Å². The first kappa shape index (κ1) is 21.7. The predicted molar refractivity (Wildman–Crippen MR) is 120 cm³/mol. The van der Waals surface area contributed by atoms with Crippen molar-refractivity contribution in [2.75, 3.05) is 13.7 Å². The van der Waals surface area contributed by atoms with Crippen molar-refractivity contribution in [3.63, 3.8) is 0 Å². The minimum Gasteiger partial charge on any atom is -0.497 e. The summed E-state index contributed by atoms with van der Waals surface area (Å²) in [7, 11) is 1.56. The van der Waals surface area contributed by atoms with E-state index in [1.54, 1.807) is 63.4 Å². The van der Waals surface area contributed by atoms with Crippen LogP contribution in [-0.2, 0) is 9.53 Å². The van der Waals surface area contributed by atoms with Crippen LogP contribution in [0.5, 0.6) is 5.75 Å². The Balaban J connectivity index is 1.96. The number of thiazole rings is 1. The summed E-state index contributed by atoms with van der Waals surface area (Å²) in [5.74, 6) is -0.300. The van der Waals surface area contributed by atoms with Crippen LogP contribution < -0.4 is 19.6 Å². The van der Waals surface area contributed by atoms with Gasteiger partial charge < -0.3 is 9.47 Å². The Bertz CT molecular complexity index is 1390. The van der Waals surface area contributed by atoms with Gasteiger partial charge in [-0.3, -0.25) is 9.36 Å². The zero-order valence-corrected chi connectivity index (χ0v) is 18.6. The first-order valence-electron chi connectivity index (χ1n) is 10.0. The summed E-state index contributed by atoms with van der Waals surface area (Å²) in [5, 5.41) is 0. The van der Waals surface area contributed by atoms with Gasteiger partial charge >= 0.3 is 5.97 Å². The van der Waals surface area contributed by atoms with E-state index in [9.17, 15) is 14.0 Å². The zero-order chi connectivity index (χ0) is 22.8. The van der Waals surface area contributed by atoms with Crippen molar-refractivity contribution in [1.82, 2.24) is 4.57 Å². The van der Waals surface area contributed by atoms with Crippen LogP contribution in [0.2, 0.25) is 0 Å². The fourth-order valence-electron chi connectivity index (χ4n) is 3.63. The molecule has 1 aliphatic heterocycles. The number of allylic oxidation sites excluding steroid dienone is 1. The minimum atomic E-state index is -0.723. The molecule has 0 N–H and O–H groups in total. The van der Waals surface area contributed by atoms with Gasteiger partial charge in [0.2, 0.25) is 0 Å². The molecule has 0 amide bonds. The van der Waals surface area contributed by atoms with Gasteiger partial charge in [0, 0.05) is 5.56 Å². The summed E-state index contributed by atoms with van der Waals surface area (Å²) in [4.78, 5) is 31.2. The molecule has 164 valence electrons. The highest BCUT2D eigenvalue weighted by molar-refractivity contribution is 7.07. The molecule has 6 nitrogen and oxygen atoms in total. The Morgan fingerprint density at radius 2 is 1.94 bits per heavy atom. The third-order valence-electron chi connectivity index (χ3n) is 5.14. The first-order valence-corrected chi connectivity index (χ1v) is 10.8. The molecular formula is C24H21FN2O4S. The standard InChI is InChI=1S/C24H21FN2O4S/c1-4-31-23(29)20-14(2)26-24-27(21(20)15-9-11-17(30-3)12-10-15)22(28)19(32-24)13-16-7-5-6-8-18(16)25/h5-13,21H,4H2,1-3H3. The van der Waals surface area contributed by atoms with Crippen molar-refractivity contribution < 1.29 is 18.7 Å². The third-order valence-corrected chi connectivity index (χ3v) is 6.12. The number of carbonyl (C=O) groups is 1. The maximum atomic E-state index is 14.2. The van der Waals surface area contributed by atoms with E-state index in [1.165, 1.54) is 16.7 Å². The molecule has 0 radical (unpaired) electrons. The molecule has 0 saturated carbocycles. The molecule has 1 aliphatic rings. The molecule has 0 bridgehead atoms. The lowest BCUT2D eigenvalue weighted by Gasteiger charge is -2.24. The van der Waals surface area contributed by atoms with E-state index in [4.69, 9.17) is 9.47 Å². The number of methoxy groups -OCH3 is 1. The van der Waals surface area contributed by atoms with Gasteiger partial charge in [0.15, 0.2) is 4.80 Å². The SMILES string of the molecule is CCOC(=O)C1=C(C)N=c2sc(=Cc3ccccc3F)c(=O)n2C1c1ccc(OC)cc1. The summed E-state index contributed by atoms with van der Waals surface area (Å²) in [6, 6.07) is 12.6. The fraction of sp³-hybridized carbons (Fsp3) is 0.208. The summed E-state index contributed by atoms with van der Waals surface area (Å²) in [6.07, 6.45) is 1.51. The number of carbonyl (C=O) groups excluding carboxylic acids is 1. The molecule has 3 aromatic rings. The maximum absolute atomic E-state index is 14.2. The normalized spacial score (nSPS) is 15.9. The molecule has 0 fully saturated rings. The quantitative estimate of drug-likeness (QED) is 0.558. The molecule has 0 spiro atoms. The number of halogens is 1. The lowest BCUT2D eigenvalue weighted by molar-refractivity contribution is -0.139. The number of benzene rings is 2.